The lowest BCUT2D eigenvalue weighted by molar-refractivity contribution is -0.117. The van der Waals surface area contributed by atoms with Crippen molar-refractivity contribution < 1.29 is 14.3 Å². The Labute approximate surface area is 206 Å². The van der Waals surface area contributed by atoms with Crippen LogP contribution in [0.5, 0.6) is 5.88 Å². The summed E-state index contributed by atoms with van der Waals surface area (Å²) in [6, 6.07) is 11.9. The van der Waals surface area contributed by atoms with Crippen LogP contribution in [0.2, 0.25) is 0 Å². The number of amides is 1. The third kappa shape index (κ3) is 7.63. The first kappa shape index (κ1) is 25.9. The van der Waals surface area contributed by atoms with Crippen LogP contribution < -0.4 is 20.3 Å². The number of hydrogen-bond acceptors (Lipinski definition) is 5. The van der Waals surface area contributed by atoms with Crippen LogP contribution in [0.15, 0.2) is 47.6 Å². The molecule has 0 radical (unpaired) electrons. The van der Waals surface area contributed by atoms with Crippen LogP contribution in [0, 0.1) is 0 Å². The Morgan fingerprint density at radius 3 is 2.69 bits per heavy atom. The number of methoxy groups -OCH3 is 1. The summed E-state index contributed by atoms with van der Waals surface area (Å²) >= 11 is 0. The van der Waals surface area contributed by atoms with Crippen molar-refractivity contribution in [1.82, 2.24) is 15.6 Å². The fourth-order valence-corrected chi connectivity index (χ4v) is 3.30. The maximum Gasteiger partial charge on any atom is 0.227 e. The van der Waals surface area contributed by atoms with Gasteiger partial charge >= 0.3 is 0 Å². The molecule has 3 rings (SSSR count). The summed E-state index contributed by atoms with van der Waals surface area (Å²) in [6.07, 6.45) is 3.28. The summed E-state index contributed by atoms with van der Waals surface area (Å²) in [7, 11) is 1.64. The first-order chi connectivity index (χ1) is 15.2. The van der Waals surface area contributed by atoms with Crippen LogP contribution in [0.1, 0.15) is 30.9 Å². The predicted molar refractivity (Wildman–Crippen MR) is 137 cm³/mol. The molecule has 0 aliphatic carbocycles. The van der Waals surface area contributed by atoms with Gasteiger partial charge in [0.1, 0.15) is 6.61 Å². The van der Waals surface area contributed by atoms with Gasteiger partial charge in [0.25, 0.3) is 0 Å². The second-order valence-electron chi connectivity index (χ2n) is 7.17. The number of hydrogen-bond donors (Lipinski definition) is 2. The number of aromatic nitrogens is 1. The number of guanidine groups is 1. The summed E-state index contributed by atoms with van der Waals surface area (Å²) in [4.78, 5) is 22.7. The molecule has 8 nitrogen and oxygen atoms in total. The van der Waals surface area contributed by atoms with Crippen molar-refractivity contribution in [2.45, 2.75) is 32.9 Å². The number of halogens is 1. The molecule has 1 aliphatic rings. The molecule has 2 heterocycles. The highest BCUT2D eigenvalue weighted by atomic mass is 127. The maximum absolute atomic E-state index is 11.9. The number of carbonyl (C=O) groups is 1. The Balaban J connectivity index is 0.00000363. The standard InChI is InChI=1S/C23H31N5O3.HI/c1-3-24-23(27-17-19-6-4-12-25-22(19)31-15-14-30-2)26-16-18-8-10-20(11-9-18)28-13-5-7-21(28)29;/h4,6,8-12H,3,5,7,13-17H2,1-2H3,(H2,24,26,27);1H. The van der Waals surface area contributed by atoms with Gasteiger partial charge < -0.3 is 25.0 Å². The number of pyridine rings is 1. The quantitative estimate of drug-likeness (QED) is 0.204. The van der Waals surface area contributed by atoms with E-state index in [0.717, 1.165) is 36.3 Å². The van der Waals surface area contributed by atoms with Gasteiger partial charge in [-0.15, -0.1) is 24.0 Å². The van der Waals surface area contributed by atoms with Crippen molar-refractivity contribution in [3.8, 4) is 5.88 Å². The average Bonchev–Trinajstić information content (AvgIpc) is 3.23. The SMILES string of the molecule is CCNC(=NCc1ccc(N2CCCC2=O)cc1)NCc1cccnc1OCCOC.I. The molecule has 0 atom stereocenters. The van der Waals surface area contributed by atoms with Gasteiger partial charge in [-0.25, -0.2) is 9.98 Å². The van der Waals surface area contributed by atoms with Crippen LogP contribution >= 0.6 is 24.0 Å². The van der Waals surface area contributed by atoms with E-state index in [-0.39, 0.29) is 29.9 Å². The Morgan fingerprint density at radius 2 is 2.00 bits per heavy atom. The molecular formula is C23H32IN5O3. The number of anilines is 1. The lowest BCUT2D eigenvalue weighted by Gasteiger charge is -2.16. The fourth-order valence-electron chi connectivity index (χ4n) is 3.30. The molecule has 1 saturated heterocycles. The number of carbonyl (C=O) groups excluding carboxylic acids is 1. The third-order valence-electron chi connectivity index (χ3n) is 4.91. The topological polar surface area (TPSA) is 88.1 Å². The van der Waals surface area contributed by atoms with Crippen LogP contribution in [-0.2, 0) is 22.6 Å². The van der Waals surface area contributed by atoms with E-state index in [9.17, 15) is 4.79 Å². The summed E-state index contributed by atoms with van der Waals surface area (Å²) in [6.45, 7) is 5.63. The molecule has 2 aromatic rings. The van der Waals surface area contributed by atoms with Gasteiger partial charge in [0.15, 0.2) is 5.96 Å². The highest BCUT2D eigenvalue weighted by molar-refractivity contribution is 14.0. The first-order valence-electron chi connectivity index (χ1n) is 10.7. The molecular weight excluding hydrogens is 521 g/mol. The van der Waals surface area contributed by atoms with Crippen molar-refractivity contribution >= 4 is 41.5 Å². The lowest BCUT2D eigenvalue weighted by Crippen LogP contribution is -2.37. The largest absolute Gasteiger partial charge is 0.475 e. The van der Waals surface area contributed by atoms with Crippen LogP contribution in [0.25, 0.3) is 0 Å². The highest BCUT2D eigenvalue weighted by Crippen LogP contribution is 2.21. The Hall–Kier alpha value is -2.40. The number of aliphatic imine (C=N–C) groups is 1. The molecule has 0 spiro atoms. The van der Waals surface area contributed by atoms with E-state index in [1.54, 1.807) is 13.3 Å². The fraction of sp³-hybridized carbons (Fsp3) is 0.435. The molecule has 1 aromatic heterocycles. The summed E-state index contributed by atoms with van der Waals surface area (Å²) in [5.41, 5.74) is 2.99. The molecule has 1 aromatic carbocycles. The second kappa shape index (κ2) is 13.9. The molecule has 0 unspecified atom stereocenters. The van der Waals surface area contributed by atoms with E-state index in [1.165, 1.54) is 0 Å². The zero-order chi connectivity index (χ0) is 21.9. The first-order valence-corrected chi connectivity index (χ1v) is 10.7. The van der Waals surface area contributed by atoms with Crippen molar-refractivity contribution in [1.29, 1.82) is 0 Å². The highest BCUT2D eigenvalue weighted by Gasteiger charge is 2.21. The second-order valence-corrected chi connectivity index (χ2v) is 7.17. The van der Waals surface area contributed by atoms with Gasteiger partial charge in [0.05, 0.1) is 13.2 Å². The van der Waals surface area contributed by atoms with Crippen molar-refractivity contribution in [2.75, 3.05) is 38.3 Å². The molecule has 9 heteroatoms. The van der Waals surface area contributed by atoms with Gasteiger partial charge in [-0.3, -0.25) is 4.79 Å². The molecule has 174 valence electrons. The maximum atomic E-state index is 11.9. The number of nitrogens with one attached hydrogen (secondary N) is 2. The molecule has 1 amide bonds. The van der Waals surface area contributed by atoms with Crippen molar-refractivity contribution in [3.05, 3.63) is 53.7 Å². The van der Waals surface area contributed by atoms with E-state index in [1.807, 2.05) is 48.2 Å². The van der Waals surface area contributed by atoms with Gasteiger partial charge in [-0.2, -0.15) is 0 Å². The minimum Gasteiger partial charge on any atom is -0.475 e. The van der Waals surface area contributed by atoms with E-state index in [0.29, 0.717) is 44.6 Å². The van der Waals surface area contributed by atoms with E-state index >= 15 is 0 Å². The predicted octanol–water partition coefficient (Wildman–Crippen LogP) is 3.11. The monoisotopic (exact) mass is 553 g/mol. The third-order valence-corrected chi connectivity index (χ3v) is 4.91. The summed E-state index contributed by atoms with van der Waals surface area (Å²) in [5, 5.41) is 6.60. The van der Waals surface area contributed by atoms with Gasteiger partial charge in [-0.1, -0.05) is 18.2 Å². The average molecular weight is 553 g/mol. The van der Waals surface area contributed by atoms with Crippen LogP contribution in [0.4, 0.5) is 5.69 Å². The molecule has 1 aliphatic heterocycles. The van der Waals surface area contributed by atoms with Gasteiger partial charge in [-0.05, 0) is 37.1 Å². The Kier molecular flexibility index (Phi) is 11.2. The number of nitrogens with zero attached hydrogens (tertiary/aromatic N) is 3. The van der Waals surface area contributed by atoms with Crippen molar-refractivity contribution in [3.63, 3.8) is 0 Å². The lowest BCUT2D eigenvalue weighted by atomic mass is 10.2. The summed E-state index contributed by atoms with van der Waals surface area (Å²) in [5.74, 6) is 1.51. The molecule has 0 bridgehead atoms. The van der Waals surface area contributed by atoms with Crippen molar-refractivity contribution in [2.24, 2.45) is 4.99 Å². The summed E-state index contributed by atoms with van der Waals surface area (Å²) < 4.78 is 10.7. The Bertz CT molecular complexity index is 876. The molecule has 2 N–H and O–H groups in total. The van der Waals surface area contributed by atoms with E-state index < -0.39 is 0 Å². The van der Waals surface area contributed by atoms with Crippen LogP contribution in [-0.4, -0.2) is 50.3 Å². The minimum absolute atomic E-state index is 0. The number of ether oxygens (including phenoxy) is 2. The molecule has 1 fully saturated rings. The number of rotatable bonds is 10. The molecule has 32 heavy (non-hydrogen) atoms. The van der Waals surface area contributed by atoms with E-state index in [4.69, 9.17) is 9.47 Å². The molecule has 0 saturated carbocycles. The zero-order valence-electron chi connectivity index (χ0n) is 18.7. The normalized spacial score (nSPS) is 13.6. The smallest absolute Gasteiger partial charge is 0.227 e. The zero-order valence-corrected chi connectivity index (χ0v) is 21.0. The van der Waals surface area contributed by atoms with Crippen LogP contribution in [0.3, 0.4) is 0 Å². The van der Waals surface area contributed by atoms with E-state index in [2.05, 4.69) is 20.6 Å². The van der Waals surface area contributed by atoms with Gasteiger partial charge in [0, 0.05) is 50.6 Å². The number of benzene rings is 1. The minimum atomic E-state index is 0. The Morgan fingerprint density at radius 1 is 1.19 bits per heavy atom. The van der Waals surface area contributed by atoms with Gasteiger partial charge in [0.2, 0.25) is 11.8 Å².